The topological polar surface area (TPSA) is 52.6 Å². The molecule has 1 fully saturated rings. The molecule has 3 aliphatic rings. The zero-order valence-electron chi connectivity index (χ0n) is 8.69. The molecule has 1 saturated heterocycles. The summed E-state index contributed by atoms with van der Waals surface area (Å²) < 4.78 is 10.4. The summed E-state index contributed by atoms with van der Waals surface area (Å²) in [6.07, 6.45) is 6.33. The molecule has 2 heterocycles. The number of ether oxygens (including phenoxy) is 2. The van der Waals surface area contributed by atoms with Gasteiger partial charge in [0.15, 0.2) is 0 Å². The highest BCUT2D eigenvalue weighted by molar-refractivity contribution is 5.84. The van der Waals surface area contributed by atoms with Gasteiger partial charge in [0.05, 0.1) is 0 Å². The Morgan fingerprint density at radius 3 is 3.07 bits per heavy atom. The Labute approximate surface area is 88.2 Å². The minimum atomic E-state index is -1.02. The Balaban J connectivity index is 2.24. The van der Waals surface area contributed by atoms with Crippen LogP contribution in [0.5, 0.6) is 0 Å². The largest absolute Gasteiger partial charge is 0.455 e. The molecular weight excluding hydrogens is 196 g/mol. The van der Waals surface area contributed by atoms with E-state index in [1.165, 1.54) is 6.92 Å². The number of hydrogen-bond acceptors (Lipinski definition) is 4. The molecule has 0 amide bonds. The summed E-state index contributed by atoms with van der Waals surface area (Å²) in [7, 11) is 0. The van der Waals surface area contributed by atoms with Crippen LogP contribution in [-0.2, 0) is 19.1 Å². The minimum absolute atomic E-state index is 0.138. The van der Waals surface area contributed by atoms with Gasteiger partial charge in [-0.2, -0.15) is 0 Å². The van der Waals surface area contributed by atoms with Crippen LogP contribution in [0.4, 0.5) is 0 Å². The van der Waals surface area contributed by atoms with Gasteiger partial charge in [0, 0.05) is 19.8 Å². The predicted octanol–water partition coefficient (Wildman–Crippen LogP) is 1.34. The normalized spacial score (nSPS) is 36.3. The lowest BCUT2D eigenvalue weighted by molar-refractivity contribution is -0.194. The third-order valence-electron chi connectivity index (χ3n) is 2.87. The fourth-order valence-corrected chi connectivity index (χ4v) is 2.13. The van der Waals surface area contributed by atoms with Crippen LogP contribution in [0.25, 0.3) is 0 Å². The van der Waals surface area contributed by atoms with E-state index >= 15 is 0 Å². The Morgan fingerprint density at radius 1 is 1.60 bits per heavy atom. The summed E-state index contributed by atoms with van der Waals surface area (Å²) in [5, 5.41) is 0. The number of rotatable bonds is 1. The monoisotopic (exact) mass is 210 g/mol. The van der Waals surface area contributed by atoms with Gasteiger partial charge in [-0.05, 0) is 18.9 Å². The van der Waals surface area contributed by atoms with E-state index in [1.807, 2.05) is 12.2 Å². The van der Waals surface area contributed by atoms with Crippen molar-refractivity contribution in [3.05, 3.63) is 12.2 Å². The van der Waals surface area contributed by atoms with Crippen molar-refractivity contribution in [2.75, 3.05) is 0 Å². The first-order chi connectivity index (χ1) is 7.12. The molecule has 2 aliphatic heterocycles. The summed E-state index contributed by atoms with van der Waals surface area (Å²) in [6.45, 7) is 1.32. The van der Waals surface area contributed by atoms with Crippen LogP contribution in [-0.4, -0.2) is 23.6 Å². The zero-order valence-corrected chi connectivity index (χ0v) is 8.69. The SMILES string of the molecule is CC(=O)O[C@@]12CC/C=C\[C@@H](CC1)OC2=O. The molecule has 3 rings (SSSR count). The first-order valence-corrected chi connectivity index (χ1v) is 5.20. The third kappa shape index (κ3) is 1.89. The van der Waals surface area contributed by atoms with Crippen LogP contribution in [0.3, 0.4) is 0 Å². The molecule has 2 bridgehead atoms. The molecule has 0 aromatic heterocycles. The van der Waals surface area contributed by atoms with Crippen LogP contribution in [0.1, 0.15) is 32.6 Å². The second-order valence-corrected chi connectivity index (χ2v) is 4.04. The lowest BCUT2D eigenvalue weighted by atomic mass is 9.86. The fourth-order valence-electron chi connectivity index (χ4n) is 2.13. The summed E-state index contributed by atoms with van der Waals surface area (Å²) in [5.41, 5.74) is -1.02. The van der Waals surface area contributed by atoms with Gasteiger partial charge >= 0.3 is 11.9 Å². The molecule has 15 heavy (non-hydrogen) atoms. The van der Waals surface area contributed by atoms with E-state index < -0.39 is 17.5 Å². The lowest BCUT2D eigenvalue weighted by Crippen LogP contribution is -2.50. The Morgan fingerprint density at radius 2 is 2.40 bits per heavy atom. The van der Waals surface area contributed by atoms with Crippen LogP contribution >= 0.6 is 0 Å². The van der Waals surface area contributed by atoms with Gasteiger partial charge in [-0.3, -0.25) is 4.79 Å². The van der Waals surface area contributed by atoms with Gasteiger partial charge < -0.3 is 9.47 Å². The summed E-state index contributed by atoms with van der Waals surface area (Å²) in [4.78, 5) is 22.7. The number of carbonyl (C=O) groups excluding carboxylic acids is 2. The number of fused-ring (bicyclic) bond motifs is 4. The van der Waals surface area contributed by atoms with E-state index in [0.717, 1.165) is 12.8 Å². The van der Waals surface area contributed by atoms with Crippen molar-refractivity contribution in [1.82, 2.24) is 0 Å². The van der Waals surface area contributed by atoms with Crippen LogP contribution in [0.15, 0.2) is 12.2 Å². The standard InChI is InChI=1S/C11H14O4/c1-8(12)15-11-6-3-2-4-9(5-7-11)14-10(11)13/h2,4,9H,3,5-7H2,1H3/b4-2-/t9-,11-/m0/s1. The van der Waals surface area contributed by atoms with Crippen LogP contribution < -0.4 is 0 Å². The number of esters is 2. The van der Waals surface area contributed by atoms with Crippen molar-refractivity contribution >= 4 is 11.9 Å². The quantitative estimate of drug-likeness (QED) is 0.484. The van der Waals surface area contributed by atoms with Crippen molar-refractivity contribution in [3.63, 3.8) is 0 Å². The first kappa shape index (κ1) is 10.2. The van der Waals surface area contributed by atoms with E-state index in [-0.39, 0.29) is 6.10 Å². The zero-order chi connectivity index (χ0) is 10.9. The second-order valence-electron chi connectivity index (χ2n) is 4.04. The molecule has 0 aromatic rings. The fraction of sp³-hybridized carbons (Fsp3) is 0.636. The average Bonchev–Trinajstić information content (AvgIpc) is 2.12. The number of hydrogen-bond donors (Lipinski definition) is 0. The Bertz CT molecular complexity index is 321. The van der Waals surface area contributed by atoms with Crippen LogP contribution in [0.2, 0.25) is 0 Å². The lowest BCUT2D eigenvalue weighted by Gasteiger charge is -2.37. The maximum absolute atomic E-state index is 11.8. The summed E-state index contributed by atoms with van der Waals surface area (Å²) in [6, 6.07) is 0. The highest BCUT2D eigenvalue weighted by Crippen LogP contribution is 2.34. The van der Waals surface area contributed by atoms with Crippen molar-refractivity contribution < 1.29 is 19.1 Å². The molecular formula is C11H14O4. The van der Waals surface area contributed by atoms with Crippen molar-refractivity contribution in [2.45, 2.75) is 44.3 Å². The minimum Gasteiger partial charge on any atom is -0.455 e. The molecule has 82 valence electrons. The van der Waals surface area contributed by atoms with Crippen molar-refractivity contribution in [3.8, 4) is 0 Å². The van der Waals surface area contributed by atoms with E-state index in [1.54, 1.807) is 0 Å². The summed E-state index contributed by atoms with van der Waals surface area (Å²) >= 11 is 0. The molecule has 0 unspecified atom stereocenters. The van der Waals surface area contributed by atoms with Crippen molar-refractivity contribution in [2.24, 2.45) is 0 Å². The third-order valence-corrected chi connectivity index (χ3v) is 2.87. The predicted molar refractivity (Wildman–Crippen MR) is 52.0 cm³/mol. The molecule has 4 nitrogen and oxygen atoms in total. The average molecular weight is 210 g/mol. The molecule has 0 aromatic carbocycles. The van der Waals surface area contributed by atoms with Crippen molar-refractivity contribution in [1.29, 1.82) is 0 Å². The van der Waals surface area contributed by atoms with E-state index in [9.17, 15) is 9.59 Å². The molecule has 2 atom stereocenters. The molecule has 0 saturated carbocycles. The highest BCUT2D eigenvalue weighted by atomic mass is 16.6. The summed E-state index contributed by atoms with van der Waals surface area (Å²) in [5.74, 6) is -0.812. The molecule has 4 heteroatoms. The van der Waals surface area contributed by atoms with E-state index in [4.69, 9.17) is 9.47 Å². The van der Waals surface area contributed by atoms with E-state index in [0.29, 0.717) is 12.8 Å². The van der Waals surface area contributed by atoms with Gasteiger partial charge in [0.1, 0.15) is 6.10 Å². The smallest absolute Gasteiger partial charge is 0.351 e. The maximum atomic E-state index is 11.8. The van der Waals surface area contributed by atoms with Gasteiger partial charge in [0.25, 0.3) is 0 Å². The Hall–Kier alpha value is -1.32. The number of carbonyl (C=O) groups is 2. The molecule has 0 radical (unpaired) electrons. The van der Waals surface area contributed by atoms with Crippen LogP contribution in [0, 0.1) is 0 Å². The van der Waals surface area contributed by atoms with E-state index in [2.05, 4.69) is 0 Å². The highest BCUT2D eigenvalue weighted by Gasteiger charge is 2.47. The molecule has 0 N–H and O–H groups in total. The maximum Gasteiger partial charge on any atom is 0.351 e. The second kappa shape index (κ2) is 3.68. The molecule has 0 spiro atoms. The Kier molecular flexibility index (Phi) is 2.50. The van der Waals surface area contributed by atoms with Gasteiger partial charge in [-0.15, -0.1) is 0 Å². The van der Waals surface area contributed by atoms with Gasteiger partial charge in [-0.25, -0.2) is 4.79 Å². The first-order valence-electron chi connectivity index (χ1n) is 5.20. The van der Waals surface area contributed by atoms with Gasteiger partial charge in [-0.1, -0.05) is 6.08 Å². The van der Waals surface area contributed by atoms with Gasteiger partial charge in [0.2, 0.25) is 5.60 Å². The molecule has 1 aliphatic carbocycles. The number of allylic oxidation sites excluding steroid dienone is 1.